The highest BCUT2D eigenvalue weighted by atomic mass is 19.1. The van der Waals surface area contributed by atoms with Crippen molar-refractivity contribution in [2.45, 2.75) is 32.9 Å². The molecule has 0 radical (unpaired) electrons. The highest BCUT2D eigenvalue weighted by molar-refractivity contribution is 5.76. The molecule has 0 bridgehead atoms. The first kappa shape index (κ1) is 14.3. The second kappa shape index (κ2) is 6.89. The van der Waals surface area contributed by atoms with Crippen LogP contribution >= 0.6 is 0 Å². The topological polar surface area (TPSA) is 33.5 Å². The van der Waals surface area contributed by atoms with Gasteiger partial charge in [0.05, 0.1) is 12.8 Å². The lowest BCUT2D eigenvalue weighted by atomic mass is 10.2. The zero-order valence-electron chi connectivity index (χ0n) is 11.5. The number of carbonyl (C=O) groups excluding carboxylic acids is 1. The van der Waals surface area contributed by atoms with Crippen LogP contribution in [0.4, 0.5) is 4.39 Å². The quantitative estimate of drug-likeness (QED) is 0.804. The smallest absolute Gasteiger partial charge is 0.223 e. The van der Waals surface area contributed by atoms with Gasteiger partial charge in [-0.2, -0.15) is 0 Å². The number of halogens is 1. The van der Waals surface area contributed by atoms with Crippen LogP contribution in [0, 0.1) is 5.82 Å². The molecule has 2 rings (SSSR count). The summed E-state index contributed by atoms with van der Waals surface area (Å²) in [5.41, 5.74) is 0.905. The maximum Gasteiger partial charge on any atom is 0.223 e. The van der Waals surface area contributed by atoms with E-state index < -0.39 is 0 Å². The van der Waals surface area contributed by atoms with Crippen molar-refractivity contribution in [2.75, 3.05) is 0 Å². The molecule has 0 aliphatic rings. The van der Waals surface area contributed by atoms with Crippen LogP contribution in [0.15, 0.2) is 47.1 Å². The SMILES string of the molecule is CCCC(=O)N(Cc1ccc(F)cc1)Cc1ccco1. The summed E-state index contributed by atoms with van der Waals surface area (Å²) >= 11 is 0. The maximum absolute atomic E-state index is 12.9. The number of hydrogen-bond donors (Lipinski definition) is 0. The zero-order chi connectivity index (χ0) is 14.4. The molecule has 3 nitrogen and oxygen atoms in total. The van der Waals surface area contributed by atoms with Gasteiger partial charge in [0, 0.05) is 13.0 Å². The summed E-state index contributed by atoms with van der Waals surface area (Å²) < 4.78 is 18.2. The van der Waals surface area contributed by atoms with Gasteiger partial charge in [0.1, 0.15) is 11.6 Å². The number of furan rings is 1. The molecule has 1 amide bonds. The van der Waals surface area contributed by atoms with E-state index in [-0.39, 0.29) is 11.7 Å². The molecule has 0 atom stereocenters. The standard InChI is InChI=1S/C16H18FNO2/c1-2-4-16(19)18(12-15-5-3-10-20-15)11-13-6-8-14(17)9-7-13/h3,5-10H,2,4,11-12H2,1H3. The van der Waals surface area contributed by atoms with Gasteiger partial charge in [-0.1, -0.05) is 19.1 Å². The fraction of sp³-hybridized carbons (Fsp3) is 0.312. The minimum absolute atomic E-state index is 0.0771. The average molecular weight is 275 g/mol. The Morgan fingerprint density at radius 1 is 1.20 bits per heavy atom. The van der Waals surface area contributed by atoms with E-state index in [2.05, 4.69) is 0 Å². The van der Waals surface area contributed by atoms with Crippen molar-refractivity contribution in [1.82, 2.24) is 4.90 Å². The van der Waals surface area contributed by atoms with Crippen molar-refractivity contribution in [3.63, 3.8) is 0 Å². The minimum atomic E-state index is -0.272. The molecule has 20 heavy (non-hydrogen) atoms. The van der Waals surface area contributed by atoms with Gasteiger partial charge in [0.25, 0.3) is 0 Å². The Morgan fingerprint density at radius 2 is 1.95 bits per heavy atom. The van der Waals surface area contributed by atoms with Crippen LogP contribution in [-0.4, -0.2) is 10.8 Å². The molecule has 1 aromatic carbocycles. The molecule has 106 valence electrons. The van der Waals surface area contributed by atoms with Crippen molar-refractivity contribution in [1.29, 1.82) is 0 Å². The molecular weight excluding hydrogens is 257 g/mol. The van der Waals surface area contributed by atoms with E-state index in [4.69, 9.17) is 4.42 Å². The van der Waals surface area contributed by atoms with E-state index in [0.29, 0.717) is 19.5 Å². The van der Waals surface area contributed by atoms with Crippen LogP contribution in [0.3, 0.4) is 0 Å². The number of carbonyl (C=O) groups is 1. The first-order chi connectivity index (χ1) is 9.69. The van der Waals surface area contributed by atoms with Crippen LogP contribution in [0.2, 0.25) is 0 Å². The Morgan fingerprint density at radius 3 is 2.55 bits per heavy atom. The van der Waals surface area contributed by atoms with E-state index in [9.17, 15) is 9.18 Å². The third-order valence-electron chi connectivity index (χ3n) is 3.03. The summed E-state index contributed by atoms with van der Waals surface area (Å²) in [5, 5.41) is 0. The second-order valence-electron chi connectivity index (χ2n) is 4.71. The number of nitrogens with zero attached hydrogens (tertiary/aromatic N) is 1. The van der Waals surface area contributed by atoms with E-state index in [1.165, 1.54) is 12.1 Å². The summed E-state index contributed by atoms with van der Waals surface area (Å²) in [7, 11) is 0. The van der Waals surface area contributed by atoms with Gasteiger partial charge >= 0.3 is 0 Å². The van der Waals surface area contributed by atoms with Gasteiger partial charge in [-0.3, -0.25) is 4.79 Å². The van der Waals surface area contributed by atoms with Crippen molar-refractivity contribution in [2.24, 2.45) is 0 Å². The predicted molar refractivity (Wildman–Crippen MR) is 74.3 cm³/mol. The van der Waals surface area contributed by atoms with Crippen molar-refractivity contribution >= 4 is 5.91 Å². The van der Waals surface area contributed by atoms with Crippen LogP contribution in [0.5, 0.6) is 0 Å². The largest absolute Gasteiger partial charge is 0.467 e. The normalized spacial score (nSPS) is 10.5. The third-order valence-corrected chi connectivity index (χ3v) is 3.03. The molecule has 4 heteroatoms. The Labute approximate surface area is 118 Å². The van der Waals surface area contributed by atoms with Gasteiger partial charge < -0.3 is 9.32 Å². The number of amides is 1. The number of hydrogen-bond acceptors (Lipinski definition) is 2. The lowest BCUT2D eigenvalue weighted by Crippen LogP contribution is -2.29. The maximum atomic E-state index is 12.9. The van der Waals surface area contributed by atoms with Gasteiger partial charge in [-0.25, -0.2) is 4.39 Å². The van der Waals surface area contributed by atoms with Gasteiger partial charge in [0.2, 0.25) is 5.91 Å². The predicted octanol–water partition coefficient (Wildman–Crippen LogP) is 3.75. The van der Waals surface area contributed by atoms with E-state index in [1.807, 2.05) is 13.0 Å². The Kier molecular flexibility index (Phi) is 4.93. The summed E-state index contributed by atoms with van der Waals surface area (Å²) in [6.45, 7) is 2.86. The summed E-state index contributed by atoms with van der Waals surface area (Å²) in [6, 6.07) is 9.86. The number of benzene rings is 1. The second-order valence-corrected chi connectivity index (χ2v) is 4.71. The minimum Gasteiger partial charge on any atom is -0.467 e. The number of rotatable bonds is 6. The van der Waals surface area contributed by atoms with Crippen molar-refractivity contribution < 1.29 is 13.6 Å². The van der Waals surface area contributed by atoms with Gasteiger partial charge in [-0.15, -0.1) is 0 Å². The molecule has 0 spiro atoms. The fourth-order valence-corrected chi connectivity index (χ4v) is 2.01. The lowest BCUT2D eigenvalue weighted by molar-refractivity contribution is -0.132. The van der Waals surface area contributed by atoms with E-state index in [0.717, 1.165) is 17.7 Å². The third kappa shape index (κ3) is 3.95. The first-order valence-corrected chi connectivity index (χ1v) is 6.73. The molecule has 0 N–H and O–H groups in total. The lowest BCUT2D eigenvalue weighted by Gasteiger charge is -2.21. The van der Waals surface area contributed by atoms with Crippen LogP contribution < -0.4 is 0 Å². The molecule has 0 aliphatic carbocycles. The fourth-order valence-electron chi connectivity index (χ4n) is 2.01. The molecule has 0 saturated heterocycles. The molecule has 0 saturated carbocycles. The van der Waals surface area contributed by atoms with Gasteiger partial charge in [0.15, 0.2) is 0 Å². The van der Waals surface area contributed by atoms with Crippen molar-refractivity contribution in [3.8, 4) is 0 Å². The summed E-state index contributed by atoms with van der Waals surface area (Å²) in [5.74, 6) is 0.552. The van der Waals surface area contributed by atoms with E-state index in [1.54, 1.807) is 29.4 Å². The molecule has 0 unspecified atom stereocenters. The zero-order valence-corrected chi connectivity index (χ0v) is 11.5. The average Bonchev–Trinajstić information content (AvgIpc) is 2.94. The molecule has 2 aromatic rings. The van der Waals surface area contributed by atoms with Gasteiger partial charge in [-0.05, 0) is 36.2 Å². The summed E-state index contributed by atoms with van der Waals surface area (Å²) in [6.07, 6.45) is 2.90. The Hall–Kier alpha value is -2.10. The summed E-state index contributed by atoms with van der Waals surface area (Å²) in [4.78, 5) is 13.9. The van der Waals surface area contributed by atoms with E-state index >= 15 is 0 Å². The molecule has 1 heterocycles. The van der Waals surface area contributed by atoms with Crippen LogP contribution in [-0.2, 0) is 17.9 Å². The monoisotopic (exact) mass is 275 g/mol. The highest BCUT2D eigenvalue weighted by Gasteiger charge is 2.15. The highest BCUT2D eigenvalue weighted by Crippen LogP contribution is 2.13. The van der Waals surface area contributed by atoms with Crippen molar-refractivity contribution in [3.05, 3.63) is 59.8 Å². The Bertz CT molecular complexity index is 534. The molecule has 0 fully saturated rings. The molecule has 0 aliphatic heterocycles. The first-order valence-electron chi connectivity index (χ1n) is 6.73. The molecule has 1 aromatic heterocycles. The molecular formula is C16H18FNO2. The van der Waals surface area contributed by atoms with Crippen LogP contribution in [0.25, 0.3) is 0 Å². The Balaban J connectivity index is 2.09. The van der Waals surface area contributed by atoms with Crippen LogP contribution in [0.1, 0.15) is 31.1 Å².